The summed E-state index contributed by atoms with van der Waals surface area (Å²) in [6, 6.07) is 0. The Labute approximate surface area is 90.3 Å². The molecule has 2 rings (SSSR count). The van der Waals surface area contributed by atoms with E-state index >= 15 is 0 Å². The number of rotatable bonds is 1. The normalized spacial score (nSPS) is 10.8. The van der Waals surface area contributed by atoms with Gasteiger partial charge in [0.2, 0.25) is 4.96 Å². The summed E-state index contributed by atoms with van der Waals surface area (Å²) in [4.78, 5) is 16.1. The van der Waals surface area contributed by atoms with Crippen molar-refractivity contribution in [2.75, 3.05) is 5.48 Å². The van der Waals surface area contributed by atoms with Gasteiger partial charge in [0.05, 0.1) is 5.69 Å². The van der Waals surface area contributed by atoms with E-state index in [1.54, 1.807) is 12.4 Å². The molecule has 0 aliphatic carbocycles. The number of fused-ring (bicyclic) bond motifs is 1. The summed E-state index contributed by atoms with van der Waals surface area (Å²) >= 11 is 4.37. The summed E-state index contributed by atoms with van der Waals surface area (Å²) in [6.07, 6.45) is 0. The Balaban J connectivity index is 2.92. The molecule has 0 aliphatic heterocycles. The molecular formula is C6H4BrN4O2S-. The van der Waals surface area contributed by atoms with Crippen LogP contribution in [0, 0.1) is 12.1 Å². The van der Waals surface area contributed by atoms with Crippen LogP contribution in [-0.2, 0) is 0 Å². The zero-order chi connectivity index (χ0) is 10.3. The third-order valence-electron chi connectivity index (χ3n) is 1.67. The molecule has 0 atom stereocenters. The van der Waals surface area contributed by atoms with Gasteiger partial charge in [-0.25, -0.2) is 4.98 Å². The standard InChI is InChI=1S/C6H4BrN4O2S/c1-2-3(10-13)4(12)11-6(8-2)14-5(7)9-11/h10H,1H3/q-1. The van der Waals surface area contributed by atoms with Gasteiger partial charge in [0, 0.05) is 0 Å². The third-order valence-corrected chi connectivity index (χ3v) is 3.01. The third kappa shape index (κ3) is 1.31. The minimum Gasteiger partial charge on any atom is -0.761 e. The molecule has 6 nitrogen and oxygen atoms in total. The first-order valence-electron chi connectivity index (χ1n) is 3.57. The van der Waals surface area contributed by atoms with Crippen molar-refractivity contribution < 1.29 is 0 Å². The molecule has 0 unspecified atom stereocenters. The maximum absolute atomic E-state index is 11.6. The van der Waals surface area contributed by atoms with Crippen LogP contribution in [0.25, 0.3) is 4.96 Å². The summed E-state index contributed by atoms with van der Waals surface area (Å²) in [7, 11) is 0. The second kappa shape index (κ2) is 3.30. The largest absolute Gasteiger partial charge is 0.761 e. The van der Waals surface area contributed by atoms with E-state index in [0.29, 0.717) is 14.6 Å². The summed E-state index contributed by atoms with van der Waals surface area (Å²) in [5.74, 6) is 0. The Hall–Kier alpha value is -0.990. The average Bonchev–Trinajstić information content (AvgIpc) is 2.47. The molecule has 2 aromatic heterocycles. The molecule has 0 saturated heterocycles. The van der Waals surface area contributed by atoms with Crippen molar-refractivity contribution in [3.8, 4) is 0 Å². The predicted molar refractivity (Wildman–Crippen MR) is 56.6 cm³/mol. The maximum Gasteiger partial charge on any atom is 0.298 e. The van der Waals surface area contributed by atoms with Gasteiger partial charge in [-0.15, -0.1) is 5.10 Å². The zero-order valence-electron chi connectivity index (χ0n) is 6.94. The molecule has 0 aliphatic rings. The molecule has 0 amide bonds. The van der Waals surface area contributed by atoms with E-state index in [4.69, 9.17) is 0 Å². The Bertz CT molecular complexity index is 548. The molecule has 0 radical (unpaired) electrons. The highest BCUT2D eigenvalue weighted by atomic mass is 79.9. The van der Waals surface area contributed by atoms with Crippen LogP contribution < -0.4 is 11.0 Å². The molecule has 14 heavy (non-hydrogen) atoms. The molecule has 8 heteroatoms. The molecule has 2 heterocycles. The number of halogens is 1. The molecule has 0 spiro atoms. The van der Waals surface area contributed by atoms with E-state index in [-0.39, 0.29) is 5.69 Å². The first-order valence-corrected chi connectivity index (χ1v) is 5.18. The topological polar surface area (TPSA) is 82.4 Å². The van der Waals surface area contributed by atoms with Crippen LogP contribution in [0.15, 0.2) is 8.71 Å². The van der Waals surface area contributed by atoms with Crippen LogP contribution in [0.5, 0.6) is 0 Å². The van der Waals surface area contributed by atoms with Crippen LogP contribution in [0.2, 0.25) is 0 Å². The van der Waals surface area contributed by atoms with Gasteiger partial charge in [0.25, 0.3) is 5.56 Å². The Morgan fingerprint density at radius 3 is 3.00 bits per heavy atom. The second-order valence-corrected chi connectivity index (χ2v) is 4.76. The number of nitrogens with zero attached hydrogens (tertiary/aromatic N) is 3. The monoisotopic (exact) mass is 275 g/mol. The highest BCUT2D eigenvalue weighted by Gasteiger charge is 2.10. The molecule has 0 aromatic carbocycles. The van der Waals surface area contributed by atoms with Gasteiger partial charge < -0.3 is 10.7 Å². The van der Waals surface area contributed by atoms with Crippen LogP contribution >= 0.6 is 27.3 Å². The summed E-state index contributed by atoms with van der Waals surface area (Å²) < 4.78 is 1.63. The van der Waals surface area contributed by atoms with Gasteiger partial charge in [0.15, 0.2) is 3.92 Å². The lowest BCUT2D eigenvalue weighted by molar-refractivity contribution is 0.884. The number of nitrogens with one attached hydrogen (secondary N) is 1. The van der Waals surface area contributed by atoms with E-state index in [0.717, 1.165) is 4.52 Å². The van der Waals surface area contributed by atoms with Crippen molar-refractivity contribution in [2.45, 2.75) is 6.92 Å². The van der Waals surface area contributed by atoms with E-state index in [2.05, 4.69) is 26.0 Å². The molecule has 0 saturated carbocycles. The van der Waals surface area contributed by atoms with Crippen molar-refractivity contribution in [3.05, 3.63) is 25.2 Å². The SMILES string of the molecule is Cc1nc2sc(Br)nn2c(=O)c1N[O-]. The van der Waals surface area contributed by atoms with Crippen molar-refractivity contribution in [3.63, 3.8) is 0 Å². The van der Waals surface area contributed by atoms with Gasteiger partial charge in [-0.3, -0.25) is 4.79 Å². The Kier molecular flexibility index (Phi) is 2.25. The molecular weight excluding hydrogens is 272 g/mol. The van der Waals surface area contributed by atoms with Crippen LogP contribution in [-0.4, -0.2) is 14.6 Å². The lowest BCUT2D eigenvalue weighted by Crippen LogP contribution is -2.19. The van der Waals surface area contributed by atoms with Crippen LogP contribution in [0.1, 0.15) is 5.69 Å². The van der Waals surface area contributed by atoms with Crippen molar-refractivity contribution >= 4 is 37.9 Å². The lowest BCUT2D eigenvalue weighted by Gasteiger charge is -2.09. The number of aromatic nitrogens is 3. The smallest absolute Gasteiger partial charge is 0.298 e. The molecule has 74 valence electrons. The van der Waals surface area contributed by atoms with Crippen molar-refractivity contribution in [2.24, 2.45) is 0 Å². The highest BCUT2D eigenvalue weighted by molar-refractivity contribution is 9.11. The quantitative estimate of drug-likeness (QED) is 0.789. The van der Waals surface area contributed by atoms with Crippen LogP contribution in [0.4, 0.5) is 5.69 Å². The van der Waals surface area contributed by atoms with Crippen LogP contribution in [0.3, 0.4) is 0 Å². The van der Waals surface area contributed by atoms with Gasteiger partial charge >= 0.3 is 0 Å². The Morgan fingerprint density at radius 2 is 2.36 bits per heavy atom. The summed E-state index contributed by atoms with van der Waals surface area (Å²) in [5, 5.41) is 14.3. The molecule has 1 N–H and O–H groups in total. The summed E-state index contributed by atoms with van der Waals surface area (Å²) in [5.41, 5.74) is 1.39. The minimum absolute atomic E-state index is 0.0692. The lowest BCUT2D eigenvalue weighted by atomic mass is 10.4. The first-order chi connectivity index (χ1) is 6.63. The fourth-order valence-electron chi connectivity index (χ4n) is 1.04. The first kappa shape index (κ1) is 9.56. The van der Waals surface area contributed by atoms with E-state index in [1.165, 1.54) is 11.3 Å². The van der Waals surface area contributed by atoms with Gasteiger partial charge in [-0.2, -0.15) is 4.52 Å². The van der Waals surface area contributed by atoms with E-state index in [9.17, 15) is 10.0 Å². The van der Waals surface area contributed by atoms with Gasteiger partial charge in [0.1, 0.15) is 5.69 Å². The minimum atomic E-state index is -0.482. The average molecular weight is 276 g/mol. The van der Waals surface area contributed by atoms with Gasteiger partial charge in [-0.05, 0) is 22.9 Å². The predicted octanol–water partition coefficient (Wildman–Crippen LogP) is 1.13. The van der Waals surface area contributed by atoms with Crippen molar-refractivity contribution in [1.29, 1.82) is 0 Å². The number of anilines is 1. The fourth-order valence-corrected chi connectivity index (χ4v) is 2.30. The van der Waals surface area contributed by atoms with E-state index < -0.39 is 5.56 Å². The van der Waals surface area contributed by atoms with Crippen molar-refractivity contribution in [1.82, 2.24) is 14.6 Å². The highest BCUT2D eigenvalue weighted by Crippen LogP contribution is 2.18. The maximum atomic E-state index is 11.6. The Morgan fingerprint density at radius 1 is 1.64 bits per heavy atom. The molecule has 0 fully saturated rings. The fraction of sp³-hybridized carbons (Fsp3) is 0.167. The zero-order valence-corrected chi connectivity index (χ0v) is 9.35. The number of aryl methyl sites for hydroxylation is 1. The van der Waals surface area contributed by atoms with Gasteiger partial charge in [-0.1, -0.05) is 11.3 Å². The number of hydrogen-bond acceptors (Lipinski definition) is 6. The summed E-state index contributed by atoms with van der Waals surface area (Å²) in [6.45, 7) is 1.59. The molecule has 2 aromatic rings. The number of hydrogen-bond donors (Lipinski definition) is 1. The molecule has 0 bridgehead atoms. The van der Waals surface area contributed by atoms with E-state index in [1.807, 2.05) is 0 Å². The second-order valence-electron chi connectivity index (χ2n) is 2.53.